The van der Waals surface area contributed by atoms with Crippen LogP contribution < -0.4 is 10.9 Å². The Morgan fingerprint density at radius 3 is 2.69 bits per heavy atom. The number of amides is 1. The molecule has 0 saturated carbocycles. The molecule has 0 spiro atoms. The number of aryl methyl sites for hydroxylation is 1. The van der Waals surface area contributed by atoms with Crippen molar-refractivity contribution >= 4 is 40.0 Å². The zero-order valence-electron chi connectivity index (χ0n) is 17.6. The molecule has 0 fully saturated rings. The van der Waals surface area contributed by atoms with Gasteiger partial charge in [-0.15, -0.1) is 11.3 Å². The third-order valence-corrected chi connectivity index (χ3v) is 6.28. The van der Waals surface area contributed by atoms with Gasteiger partial charge in [0.2, 0.25) is 5.91 Å². The van der Waals surface area contributed by atoms with Crippen molar-refractivity contribution in [2.24, 2.45) is 0 Å². The Labute approximate surface area is 193 Å². The number of aliphatic hydroxyl groups excluding tert-OH is 1. The number of esters is 1. The summed E-state index contributed by atoms with van der Waals surface area (Å²) in [5, 5.41) is 14.4. The largest absolute Gasteiger partial charge is 0.462 e. The van der Waals surface area contributed by atoms with E-state index in [1.54, 1.807) is 13.8 Å². The molecule has 10 heteroatoms. The van der Waals surface area contributed by atoms with E-state index in [4.69, 9.17) is 9.84 Å². The van der Waals surface area contributed by atoms with Gasteiger partial charge in [-0.25, -0.2) is 9.78 Å². The third-order valence-electron chi connectivity index (χ3n) is 4.51. The molecule has 1 amide bonds. The highest BCUT2D eigenvalue weighted by molar-refractivity contribution is 7.99. The summed E-state index contributed by atoms with van der Waals surface area (Å²) in [6.07, 6.45) is 0.221. The number of H-pyrrole nitrogens is 1. The van der Waals surface area contributed by atoms with Crippen molar-refractivity contribution in [3.05, 3.63) is 62.9 Å². The van der Waals surface area contributed by atoms with E-state index in [2.05, 4.69) is 15.3 Å². The molecule has 0 saturated heterocycles. The number of carbonyl (C=O) groups is 2. The van der Waals surface area contributed by atoms with E-state index in [0.29, 0.717) is 32.5 Å². The molecule has 0 aliphatic carbocycles. The standard InChI is InChI=1S/C22H23N3O5S2/c1-3-30-21(29)18-16(14-7-5-4-6-8-14)11-31-20(18)24-17(27)12-32-22-23-13(2)15(9-10-26)19(28)25-22/h4-8,11,26H,3,9-10,12H2,1-2H3,(H,24,27)(H,23,25,28). The van der Waals surface area contributed by atoms with Crippen molar-refractivity contribution in [3.63, 3.8) is 0 Å². The number of aromatic nitrogens is 2. The molecular formula is C22H23N3O5S2. The number of ether oxygens (including phenoxy) is 1. The lowest BCUT2D eigenvalue weighted by molar-refractivity contribution is -0.113. The Bertz CT molecular complexity index is 1160. The molecule has 0 radical (unpaired) electrons. The first-order valence-corrected chi connectivity index (χ1v) is 11.8. The lowest BCUT2D eigenvalue weighted by Gasteiger charge is -2.09. The maximum atomic E-state index is 12.6. The summed E-state index contributed by atoms with van der Waals surface area (Å²) in [5.41, 5.74) is 2.47. The molecule has 0 aliphatic heterocycles. The minimum absolute atomic E-state index is 0.0113. The fraction of sp³-hybridized carbons (Fsp3) is 0.273. The molecule has 0 atom stereocenters. The SMILES string of the molecule is CCOC(=O)c1c(-c2ccccc2)csc1NC(=O)CSc1nc(C)c(CCO)c(=O)[nH]1. The number of thioether (sulfide) groups is 1. The summed E-state index contributed by atoms with van der Waals surface area (Å²) >= 11 is 2.33. The fourth-order valence-corrected chi connectivity index (χ4v) is 4.72. The Hall–Kier alpha value is -2.95. The van der Waals surface area contributed by atoms with Gasteiger partial charge in [-0.1, -0.05) is 42.1 Å². The second-order valence-electron chi connectivity index (χ2n) is 6.69. The molecule has 2 heterocycles. The summed E-state index contributed by atoms with van der Waals surface area (Å²) in [7, 11) is 0. The number of carbonyl (C=O) groups excluding carboxylic acids is 2. The van der Waals surface area contributed by atoms with Crippen molar-refractivity contribution < 1.29 is 19.4 Å². The number of hydrogen-bond acceptors (Lipinski definition) is 8. The number of aliphatic hydroxyl groups is 1. The van der Waals surface area contributed by atoms with Crippen molar-refractivity contribution in [2.75, 3.05) is 24.3 Å². The van der Waals surface area contributed by atoms with Crippen LogP contribution in [-0.2, 0) is 16.0 Å². The van der Waals surface area contributed by atoms with Gasteiger partial charge in [-0.05, 0) is 19.4 Å². The first-order chi connectivity index (χ1) is 15.4. The number of anilines is 1. The smallest absolute Gasteiger partial charge is 0.341 e. The summed E-state index contributed by atoms with van der Waals surface area (Å²) in [6, 6.07) is 9.40. The highest BCUT2D eigenvalue weighted by Crippen LogP contribution is 2.36. The molecule has 8 nitrogen and oxygen atoms in total. The minimum Gasteiger partial charge on any atom is -0.462 e. The highest BCUT2D eigenvalue weighted by Gasteiger charge is 2.23. The summed E-state index contributed by atoms with van der Waals surface area (Å²) in [5.74, 6) is -0.860. The first kappa shape index (κ1) is 23.7. The fourth-order valence-electron chi connectivity index (χ4n) is 3.04. The number of benzene rings is 1. The minimum atomic E-state index is -0.503. The molecule has 3 rings (SSSR count). The summed E-state index contributed by atoms with van der Waals surface area (Å²) < 4.78 is 5.20. The van der Waals surface area contributed by atoms with Gasteiger partial charge in [0, 0.05) is 35.2 Å². The Morgan fingerprint density at radius 2 is 2.03 bits per heavy atom. The lowest BCUT2D eigenvalue weighted by Crippen LogP contribution is -2.20. The van der Waals surface area contributed by atoms with Crippen LogP contribution in [0.3, 0.4) is 0 Å². The van der Waals surface area contributed by atoms with Gasteiger partial charge in [0.1, 0.15) is 10.6 Å². The van der Waals surface area contributed by atoms with Gasteiger partial charge >= 0.3 is 5.97 Å². The molecule has 32 heavy (non-hydrogen) atoms. The van der Waals surface area contributed by atoms with Crippen molar-refractivity contribution in [2.45, 2.75) is 25.4 Å². The van der Waals surface area contributed by atoms with E-state index in [0.717, 1.165) is 17.3 Å². The molecule has 3 aromatic rings. The summed E-state index contributed by atoms with van der Waals surface area (Å²) in [6.45, 7) is 3.49. The van der Waals surface area contributed by atoms with E-state index in [-0.39, 0.29) is 36.9 Å². The van der Waals surface area contributed by atoms with Gasteiger partial charge in [-0.3, -0.25) is 9.59 Å². The van der Waals surface area contributed by atoms with Crippen LogP contribution in [0.25, 0.3) is 11.1 Å². The number of nitrogens with one attached hydrogen (secondary N) is 2. The first-order valence-electron chi connectivity index (χ1n) is 9.91. The maximum absolute atomic E-state index is 12.6. The molecule has 2 aromatic heterocycles. The van der Waals surface area contributed by atoms with Crippen LogP contribution in [0.1, 0.15) is 28.5 Å². The number of rotatable bonds is 9. The average molecular weight is 474 g/mol. The van der Waals surface area contributed by atoms with Crippen LogP contribution in [0.2, 0.25) is 0 Å². The highest BCUT2D eigenvalue weighted by atomic mass is 32.2. The van der Waals surface area contributed by atoms with Crippen molar-refractivity contribution in [1.82, 2.24) is 9.97 Å². The van der Waals surface area contributed by atoms with Crippen LogP contribution in [0.15, 0.2) is 45.7 Å². The lowest BCUT2D eigenvalue weighted by atomic mass is 10.0. The summed E-state index contributed by atoms with van der Waals surface area (Å²) in [4.78, 5) is 44.2. The number of aromatic amines is 1. The molecule has 0 aliphatic rings. The van der Waals surface area contributed by atoms with Gasteiger partial charge in [0.25, 0.3) is 5.56 Å². The Morgan fingerprint density at radius 1 is 1.28 bits per heavy atom. The quantitative estimate of drug-likeness (QED) is 0.248. The monoisotopic (exact) mass is 473 g/mol. The molecule has 0 bridgehead atoms. The topological polar surface area (TPSA) is 121 Å². The zero-order chi connectivity index (χ0) is 23.1. The predicted octanol–water partition coefficient (Wildman–Crippen LogP) is 3.25. The second kappa shape index (κ2) is 11.1. The van der Waals surface area contributed by atoms with E-state index in [9.17, 15) is 14.4 Å². The molecule has 1 aromatic carbocycles. The molecule has 0 unspecified atom stereocenters. The van der Waals surface area contributed by atoms with E-state index in [1.807, 2.05) is 35.7 Å². The third kappa shape index (κ3) is 5.64. The van der Waals surface area contributed by atoms with Gasteiger partial charge in [0.05, 0.1) is 12.4 Å². The van der Waals surface area contributed by atoms with E-state index in [1.165, 1.54) is 11.3 Å². The van der Waals surface area contributed by atoms with Crippen LogP contribution in [0.5, 0.6) is 0 Å². The van der Waals surface area contributed by atoms with Crippen LogP contribution in [-0.4, -0.2) is 45.9 Å². The van der Waals surface area contributed by atoms with Crippen molar-refractivity contribution in [3.8, 4) is 11.1 Å². The van der Waals surface area contributed by atoms with Gasteiger partial charge in [-0.2, -0.15) is 0 Å². The van der Waals surface area contributed by atoms with Gasteiger partial charge in [0.15, 0.2) is 5.16 Å². The van der Waals surface area contributed by atoms with Crippen LogP contribution in [0, 0.1) is 6.92 Å². The van der Waals surface area contributed by atoms with E-state index < -0.39 is 5.97 Å². The molecular weight excluding hydrogens is 450 g/mol. The Kier molecular flexibility index (Phi) is 8.20. The maximum Gasteiger partial charge on any atom is 0.341 e. The number of thiophene rings is 1. The number of nitrogens with zero attached hydrogens (tertiary/aromatic N) is 1. The van der Waals surface area contributed by atoms with Crippen LogP contribution in [0.4, 0.5) is 5.00 Å². The van der Waals surface area contributed by atoms with Crippen LogP contribution >= 0.6 is 23.1 Å². The predicted molar refractivity (Wildman–Crippen MR) is 125 cm³/mol. The normalized spacial score (nSPS) is 10.7. The van der Waals surface area contributed by atoms with E-state index >= 15 is 0 Å². The Balaban J connectivity index is 1.76. The average Bonchev–Trinajstić information content (AvgIpc) is 3.19. The molecule has 168 valence electrons. The zero-order valence-corrected chi connectivity index (χ0v) is 19.3. The second-order valence-corrected chi connectivity index (χ2v) is 8.53. The van der Waals surface area contributed by atoms with Crippen molar-refractivity contribution in [1.29, 1.82) is 0 Å². The molecule has 3 N–H and O–H groups in total. The number of hydrogen-bond donors (Lipinski definition) is 3. The van der Waals surface area contributed by atoms with Gasteiger partial charge < -0.3 is 20.1 Å².